The fourth-order valence-electron chi connectivity index (χ4n) is 3.44. The highest BCUT2D eigenvalue weighted by Gasteiger charge is 2.41. The topological polar surface area (TPSA) is 41.6 Å². The smallest absolute Gasteiger partial charge is 0.224 e. The average molecular weight is 238 g/mol. The molecule has 4 heteroatoms. The van der Waals surface area contributed by atoms with Crippen molar-refractivity contribution in [1.82, 2.24) is 10.4 Å². The zero-order chi connectivity index (χ0) is 11.7. The highest BCUT2D eigenvalue weighted by atomic mass is 16.7. The van der Waals surface area contributed by atoms with Gasteiger partial charge in [0, 0.05) is 19.0 Å². The maximum Gasteiger partial charge on any atom is 0.224 e. The number of hydrogen-bond acceptors (Lipinski definition) is 3. The molecule has 96 valence electrons. The maximum absolute atomic E-state index is 11.8. The third kappa shape index (κ3) is 2.33. The molecule has 0 bridgehead atoms. The summed E-state index contributed by atoms with van der Waals surface area (Å²) in [6.45, 7) is 0.950. The van der Waals surface area contributed by atoms with E-state index in [1.807, 2.05) is 0 Å². The zero-order valence-electron chi connectivity index (χ0n) is 10.4. The summed E-state index contributed by atoms with van der Waals surface area (Å²) in [5.41, 5.74) is 3.19. The van der Waals surface area contributed by atoms with Crippen LogP contribution in [0, 0.1) is 0 Å². The van der Waals surface area contributed by atoms with Gasteiger partial charge in [-0.2, -0.15) is 5.48 Å². The Balaban J connectivity index is 1.54. The van der Waals surface area contributed by atoms with Crippen LogP contribution in [0.2, 0.25) is 0 Å². The third-order valence-electron chi connectivity index (χ3n) is 4.42. The predicted octanol–water partition coefficient (Wildman–Crippen LogP) is 1.60. The minimum absolute atomic E-state index is 0.225. The number of piperidine rings is 1. The summed E-state index contributed by atoms with van der Waals surface area (Å²) in [7, 11) is 0. The van der Waals surface area contributed by atoms with Crippen LogP contribution in [0.4, 0.5) is 0 Å². The predicted molar refractivity (Wildman–Crippen MR) is 64.2 cm³/mol. The summed E-state index contributed by atoms with van der Waals surface area (Å²) in [4.78, 5) is 19.7. The first kappa shape index (κ1) is 11.5. The van der Waals surface area contributed by atoms with Gasteiger partial charge in [0.2, 0.25) is 5.91 Å². The van der Waals surface area contributed by atoms with E-state index >= 15 is 0 Å². The number of carbonyl (C=O) groups is 1. The summed E-state index contributed by atoms with van der Waals surface area (Å²) in [5.74, 6) is 0.308. The van der Waals surface area contributed by atoms with E-state index < -0.39 is 0 Å². The molecule has 0 aromatic rings. The minimum Gasteiger partial charge on any atom is -0.338 e. The summed E-state index contributed by atoms with van der Waals surface area (Å²) in [6.07, 6.45) is 9.45. The molecule has 3 rings (SSSR count). The number of rotatable bonds is 3. The van der Waals surface area contributed by atoms with Gasteiger partial charge in [-0.3, -0.25) is 9.63 Å². The molecule has 0 spiro atoms. The molecule has 1 N–H and O–H groups in total. The van der Waals surface area contributed by atoms with Crippen LogP contribution in [0.3, 0.4) is 0 Å². The van der Waals surface area contributed by atoms with Gasteiger partial charge in [0.05, 0.1) is 12.1 Å². The Hall–Kier alpha value is -0.610. The Morgan fingerprint density at radius 2 is 1.88 bits per heavy atom. The fraction of sp³-hybridized carbons (Fsp3) is 0.923. The molecule has 0 aromatic heterocycles. The van der Waals surface area contributed by atoms with Crippen LogP contribution in [-0.4, -0.2) is 35.5 Å². The van der Waals surface area contributed by atoms with Crippen LogP contribution in [0.25, 0.3) is 0 Å². The molecule has 4 nitrogen and oxygen atoms in total. The zero-order valence-corrected chi connectivity index (χ0v) is 10.4. The fourth-order valence-corrected chi connectivity index (χ4v) is 3.44. The number of nitrogens with zero attached hydrogens (tertiary/aromatic N) is 1. The van der Waals surface area contributed by atoms with Gasteiger partial charge in [0.1, 0.15) is 0 Å². The highest BCUT2D eigenvalue weighted by molar-refractivity contribution is 5.80. The van der Waals surface area contributed by atoms with Gasteiger partial charge in [-0.25, -0.2) is 0 Å². The molecule has 0 radical (unpaired) electrons. The molecule has 2 atom stereocenters. The van der Waals surface area contributed by atoms with Crippen LogP contribution in [0.15, 0.2) is 0 Å². The first-order valence-corrected chi connectivity index (χ1v) is 7.05. The van der Waals surface area contributed by atoms with Gasteiger partial charge in [-0.05, 0) is 32.1 Å². The van der Waals surface area contributed by atoms with Gasteiger partial charge in [0.15, 0.2) is 0 Å². The molecule has 2 aliphatic heterocycles. The standard InChI is InChI=1S/C13H22N2O2/c16-13-9-11(12-7-3-4-8-15(12)13)14-17-10-5-1-2-6-10/h10-12,14H,1-9H2. The Bertz CT molecular complexity index is 289. The van der Waals surface area contributed by atoms with Crippen molar-refractivity contribution in [3.63, 3.8) is 0 Å². The lowest BCUT2D eigenvalue weighted by Gasteiger charge is -2.32. The highest BCUT2D eigenvalue weighted by Crippen LogP contribution is 2.29. The number of amides is 1. The monoisotopic (exact) mass is 238 g/mol. The van der Waals surface area contributed by atoms with Crippen molar-refractivity contribution >= 4 is 5.91 Å². The summed E-state index contributed by atoms with van der Waals surface area (Å²) < 4.78 is 0. The maximum atomic E-state index is 11.8. The van der Waals surface area contributed by atoms with E-state index in [1.54, 1.807) is 0 Å². The van der Waals surface area contributed by atoms with Crippen molar-refractivity contribution in [2.24, 2.45) is 0 Å². The second-order valence-electron chi connectivity index (χ2n) is 5.60. The summed E-state index contributed by atoms with van der Waals surface area (Å²) in [5, 5.41) is 0. The lowest BCUT2D eigenvalue weighted by molar-refractivity contribution is -0.129. The second kappa shape index (κ2) is 4.94. The van der Waals surface area contributed by atoms with Crippen LogP contribution >= 0.6 is 0 Å². The second-order valence-corrected chi connectivity index (χ2v) is 5.60. The van der Waals surface area contributed by atoms with Crippen molar-refractivity contribution < 1.29 is 9.63 Å². The molecule has 2 saturated heterocycles. The Morgan fingerprint density at radius 3 is 2.71 bits per heavy atom. The molecule has 17 heavy (non-hydrogen) atoms. The molecule has 2 heterocycles. The van der Waals surface area contributed by atoms with Gasteiger partial charge in [0.25, 0.3) is 0 Å². The largest absolute Gasteiger partial charge is 0.338 e. The van der Waals surface area contributed by atoms with E-state index in [1.165, 1.54) is 38.5 Å². The number of hydrogen-bond donors (Lipinski definition) is 1. The summed E-state index contributed by atoms with van der Waals surface area (Å²) in [6, 6.07) is 0.612. The van der Waals surface area contributed by atoms with E-state index in [4.69, 9.17) is 4.84 Å². The van der Waals surface area contributed by atoms with Gasteiger partial charge in [-0.15, -0.1) is 0 Å². The van der Waals surface area contributed by atoms with E-state index in [0.717, 1.165) is 13.0 Å². The van der Waals surface area contributed by atoms with Gasteiger partial charge >= 0.3 is 0 Å². The Kier molecular flexibility index (Phi) is 3.34. The number of nitrogens with one attached hydrogen (secondary N) is 1. The molecule has 1 saturated carbocycles. The van der Waals surface area contributed by atoms with Crippen molar-refractivity contribution in [1.29, 1.82) is 0 Å². The molecule has 3 aliphatic rings. The number of fused-ring (bicyclic) bond motifs is 1. The minimum atomic E-state index is 0.225. The van der Waals surface area contributed by atoms with Gasteiger partial charge < -0.3 is 4.90 Å². The third-order valence-corrected chi connectivity index (χ3v) is 4.42. The summed E-state index contributed by atoms with van der Waals surface area (Å²) >= 11 is 0. The normalized spacial score (nSPS) is 34.4. The Labute approximate surface area is 103 Å². The molecular weight excluding hydrogens is 216 g/mol. The molecule has 1 amide bonds. The molecular formula is C13H22N2O2. The van der Waals surface area contributed by atoms with Gasteiger partial charge in [-0.1, -0.05) is 12.8 Å². The van der Waals surface area contributed by atoms with Crippen molar-refractivity contribution in [3.05, 3.63) is 0 Å². The molecule has 1 aliphatic carbocycles. The van der Waals surface area contributed by atoms with Crippen molar-refractivity contribution in [2.75, 3.05) is 6.54 Å². The number of hydroxylamine groups is 1. The van der Waals surface area contributed by atoms with Crippen LogP contribution in [-0.2, 0) is 9.63 Å². The lowest BCUT2D eigenvalue weighted by Crippen LogP contribution is -2.46. The van der Waals surface area contributed by atoms with Crippen LogP contribution in [0.5, 0.6) is 0 Å². The Morgan fingerprint density at radius 1 is 1.12 bits per heavy atom. The quantitative estimate of drug-likeness (QED) is 0.759. The van der Waals surface area contributed by atoms with E-state index in [-0.39, 0.29) is 6.04 Å². The van der Waals surface area contributed by atoms with E-state index in [9.17, 15) is 4.79 Å². The molecule has 0 aromatic carbocycles. The van der Waals surface area contributed by atoms with Crippen molar-refractivity contribution in [2.45, 2.75) is 69.6 Å². The molecule has 2 unspecified atom stereocenters. The first-order valence-electron chi connectivity index (χ1n) is 7.05. The SMILES string of the molecule is O=C1CC(NOC2CCCC2)C2CCCCN12. The first-order chi connectivity index (χ1) is 8.34. The average Bonchev–Trinajstić information content (AvgIpc) is 2.96. The van der Waals surface area contributed by atoms with E-state index in [0.29, 0.717) is 24.5 Å². The lowest BCUT2D eigenvalue weighted by atomic mass is 10.00. The van der Waals surface area contributed by atoms with Crippen molar-refractivity contribution in [3.8, 4) is 0 Å². The van der Waals surface area contributed by atoms with E-state index in [2.05, 4.69) is 10.4 Å². The number of carbonyl (C=O) groups excluding carboxylic acids is 1. The van der Waals surface area contributed by atoms with Crippen LogP contribution in [0.1, 0.15) is 51.4 Å². The van der Waals surface area contributed by atoms with Crippen LogP contribution < -0.4 is 5.48 Å². The molecule has 3 fully saturated rings.